The van der Waals surface area contributed by atoms with Crippen LogP contribution < -0.4 is 15.5 Å². The summed E-state index contributed by atoms with van der Waals surface area (Å²) in [4.78, 5) is 14.9. The zero-order valence-electron chi connectivity index (χ0n) is 15.5. The predicted molar refractivity (Wildman–Crippen MR) is 109 cm³/mol. The first kappa shape index (κ1) is 17.4. The molecule has 2 amide bonds. The number of carbonyl (C=O) groups excluding carboxylic acids is 1. The van der Waals surface area contributed by atoms with Gasteiger partial charge in [0, 0.05) is 30.2 Å². The third-order valence-corrected chi connectivity index (χ3v) is 5.18. The highest BCUT2D eigenvalue weighted by Gasteiger charge is 2.25. The van der Waals surface area contributed by atoms with E-state index in [2.05, 4.69) is 56.9 Å². The van der Waals surface area contributed by atoms with Crippen molar-refractivity contribution in [3.05, 3.63) is 54.2 Å². The van der Waals surface area contributed by atoms with E-state index in [4.69, 9.17) is 0 Å². The first-order valence-corrected chi connectivity index (χ1v) is 9.57. The fourth-order valence-corrected chi connectivity index (χ4v) is 3.89. The van der Waals surface area contributed by atoms with E-state index < -0.39 is 0 Å². The molecule has 0 radical (unpaired) electrons. The zero-order chi connectivity index (χ0) is 18.6. The molecule has 0 fully saturated rings. The van der Waals surface area contributed by atoms with E-state index in [1.54, 1.807) is 6.20 Å². The molecule has 0 aliphatic carbocycles. The second-order valence-corrected chi connectivity index (χ2v) is 6.99. The molecule has 3 aromatic rings. The van der Waals surface area contributed by atoms with Crippen molar-refractivity contribution >= 4 is 28.3 Å². The van der Waals surface area contributed by atoms with E-state index in [-0.39, 0.29) is 6.03 Å². The van der Waals surface area contributed by atoms with Crippen molar-refractivity contribution in [2.75, 3.05) is 23.3 Å². The summed E-state index contributed by atoms with van der Waals surface area (Å²) in [7, 11) is 0. The Morgan fingerprint density at radius 3 is 3.04 bits per heavy atom. The molecule has 2 heterocycles. The number of aromatic nitrogens is 2. The van der Waals surface area contributed by atoms with Gasteiger partial charge in [0.15, 0.2) is 0 Å². The largest absolute Gasteiger partial charge is 0.367 e. The van der Waals surface area contributed by atoms with E-state index in [1.807, 2.05) is 18.2 Å². The summed E-state index contributed by atoms with van der Waals surface area (Å²) < 4.78 is 0. The van der Waals surface area contributed by atoms with Gasteiger partial charge >= 0.3 is 6.03 Å². The van der Waals surface area contributed by atoms with Crippen LogP contribution >= 0.6 is 0 Å². The number of H-pyrrole nitrogens is 1. The number of aromatic amines is 1. The van der Waals surface area contributed by atoms with Gasteiger partial charge in [-0.15, -0.1) is 0 Å². The quantitative estimate of drug-likeness (QED) is 0.643. The molecular formula is C21H25N5O. The van der Waals surface area contributed by atoms with Gasteiger partial charge in [-0.05, 0) is 43.0 Å². The number of para-hydroxylation sites is 1. The highest BCUT2D eigenvalue weighted by molar-refractivity contribution is 6.00. The summed E-state index contributed by atoms with van der Waals surface area (Å²) in [5.41, 5.74) is 4.38. The highest BCUT2D eigenvalue weighted by atomic mass is 16.2. The molecule has 1 unspecified atom stereocenters. The maximum absolute atomic E-state index is 12.5. The van der Waals surface area contributed by atoms with Gasteiger partial charge in [-0.25, -0.2) is 4.79 Å². The molecule has 0 saturated carbocycles. The monoisotopic (exact) mass is 363 g/mol. The molecule has 27 heavy (non-hydrogen) atoms. The number of fused-ring (bicyclic) bond motifs is 2. The molecule has 140 valence electrons. The topological polar surface area (TPSA) is 73.1 Å². The standard InChI is InChI=1S/C21H25N5O/c1-2-12-26-16(11-10-15-6-3-4-9-20(15)26)13-22-21(27)24-18-7-5-8-19-17(18)14-23-25-19/h3-9,14,16H,2,10-13H2,1H3,(H,23,25)(H2,22,24,27). The van der Waals surface area contributed by atoms with Crippen molar-refractivity contribution in [3.63, 3.8) is 0 Å². The number of hydrogen-bond donors (Lipinski definition) is 3. The van der Waals surface area contributed by atoms with Crippen LogP contribution in [0, 0.1) is 0 Å². The Morgan fingerprint density at radius 2 is 2.15 bits per heavy atom. The van der Waals surface area contributed by atoms with Crippen LogP contribution in [0.25, 0.3) is 10.9 Å². The van der Waals surface area contributed by atoms with Gasteiger partial charge in [-0.1, -0.05) is 31.2 Å². The van der Waals surface area contributed by atoms with Crippen LogP contribution in [0.2, 0.25) is 0 Å². The average molecular weight is 363 g/mol. The Balaban J connectivity index is 1.42. The van der Waals surface area contributed by atoms with Crippen LogP contribution in [0.15, 0.2) is 48.7 Å². The van der Waals surface area contributed by atoms with Crippen LogP contribution in [-0.2, 0) is 6.42 Å². The number of anilines is 2. The van der Waals surface area contributed by atoms with Crippen LogP contribution in [0.3, 0.4) is 0 Å². The number of benzene rings is 2. The first-order valence-electron chi connectivity index (χ1n) is 9.57. The maximum Gasteiger partial charge on any atom is 0.319 e. The normalized spacial score (nSPS) is 16.2. The lowest BCUT2D eigenvalue weighted by atomic mass is 9.95. The van der Waals surface area contributed by atoms with Crippen molar-refractivity contribution in [1.29, 1.82) is 0 Å². The Morgan fingerprint density at radius 1 is 1.26 bits per heavy atom. The minimum atomic E-state index is -0.181. The Hall–Kier alpha value is -3.02. The van der Waals surface area contributed by atoms with Gasteiger partial charge in [0.2, 0.25) is 0 Å². The lowest BCUT2D eigenvalue weighted by Gasteiger charge is -2.39. The molecule has 3 N–H and O–H groups in total. The number of amides is 2. The predicted octanol–water partition coefficient (Wildman–Crippen LogP) is 3.92. The summed E-state index contributed by atoms with van der Waals surface area (Å²) >= 11 is 0. The smallest absolute Gasteiger partial charge is 0.319 e. The Bertz CT molecular complexity index is 935. The van der Waals surface area contributed by atoms with Crippen molar-refractivity contribution in [2.24, 2.45) is 0 Å². The van der Waals surface area contributed by atoms with E-state index in [9.17, 15) is 4.79 Å². The second-order valence-electron chi connectivity index (χ2n) is 6.99. The molecule has 1 aromatic heterocycles. The second kappa shape index (κ2) is 7.70. The molecule has 4 rings (SSSR count). The van der Waals surface area contributed by atoms with E-state index >= 15 is 0 Å². The van der Waals surface area contributed by atoms with Crippen molar-refractivity contribution in [1.82, 2.24) is 15.5 Å². The van der Waals surface area contributed by atoms with Crippen molar-refractivity contribution < 1.29 is 4.79 Å². The molecule has 1 aliphatic rings. The third kappa shape index (κ3) is 3.60. The van der Waals surface area contributed by atoms with Crippen LogP contribution in [0.4, 0.5) is 16.2 Å². The minimum absolute atomic E-state index is 0.181. The third-order valence-electron chi connectivity index (χ3n) is 5.18. The van der Waals surface area contributed by atoms with Crippen molar-refractivity contribution in [2.45, 2.75) is 32.2 Å². The van der Waals surface area contributed by atoms with E-state index in [1.165, 1.54) is 11.3 Å². The Kier molecular flexibility index (Phi) is 4.96. The molecule has 6 nitrogen and oxygen atoms in total. The fraction of sp³-hybridized carbons (Fsp3) is 0.333. The van der Waals surface area contributed by atoms with E-state index in [0.29, 0.717) is 12.6 Å². The lowest BCUT2D eigenvalue weighted by Crippen LogP contribution is -2.47. The number of rotatable bonds is 5. The van der Waals surface area contributed by atoms with E-state index in [0.717, 1.165) is 42.4 Å². The molecule has 1 aliphatic heterocycles. The van der Waals surface area contributed by atoms with Gasteiger partial charge in [-0.2, -0.15) is 5.10 Å². The lowest BCUT2D eigenvalue weighted by molar-refractivity contribution is 0.251. The van der Waals surface area contributed by atoms with Gasteiger partial charge in [0.05, 0.1) is 17.4 Å². The highest BCUT2D eigenvalue weighted by Crippen LogP contribution is 2.30. The molecule has 0 saturated heterocycles. The number of hydrogen-bond acceptors (Lipinski definition) is 3. The van der Waals surface area contributed by atoms with Gasteiger partial charge in [0.1, 0.15) is 0 Å². The summed E-state index contributed by atoms with van der Waals surface area (Å²) in [5, 5.41) is 13.9. The van der Waals surface area contributed by atoms with Gasteiger partial charge in [-0.3, -0.25) is 5.10 Å². The summed E-state index contributed by atoms with van der Waals surface area (Å²) in [6.07, 6.45) is 4.92. The number of nitrogens with zero attached hydrogens (tertiary/aromatic N) is 2. The van der Waals surface area contributed by atoms with Gasteiger partial charge < -0.3 is 15.5 Å². The minimum Gasteiger partial charge on any atom is -0.367 e. The average Bonchev–Trinajstić information content (AvgIpc) is 3.17. The molecular weight excluding hydrogens is 338 g/mol. The number of aryl methyl sites for hydroxylation is 1. The zero-order valence-corrected chi connectivity index (χ0v) is 15.5. The molecule has 6 heteroatoms. The van der Waals surface area contributed by atoms with Crippen LogP contribution in [0.5, 0.6) is 0 Å². The number of urea groups is 1. The molecule has 1 atom stereocenters. The van der Waals surface area contributed by atoms with Crippen LogP contribution in [-0.4, -0.2) is 35.4 Å². The fourth-order valence-electron chi connectivity index (χ4n) is 3.89. The molecule has 2 aromatic carbocycles. The van der Waals surface area contributed by atoms with Crippen LogP contribution in [0.1, 0.15) is 25.3 Å². The SMILES string of the molecule is CCCN1c2ccccc2CCC1CNC(=O)Nc1cccc2[nH]ncc12. The maximum atomic E-state index is 12.5. The summed E-state index contributed by atoms with van der Waals surface area (Å²) in [6.45, 7) is 3.82. The Labute approximate surface area is 159 Å². The molecule has 0 spiro atoms. The summed E-state index contributed by atoms with van der Waals surface area (Å²) in [6, 6.07) is 14.5. The number of carbonyl (C=O) groups is 1. The molecule has 0 bridgehead atoms. The first-order chi connectivity index (χ1) is 13.3. The summed E-state index contributed by atoms with van der Waals surface area (Å²) in [5.74, 6) is 0. The number of nitrogens with one attached hydrogen (secondary N) is 3. The van der Waals surface area contributed by atoms with Gasteiger partial charge in [0.25, 0.3) is 0 Å². The van der Waals surface area contributed by atoms with Crippen molar-refractivity contribution in [3.8, 4) is 0 Å².